The maximum absolute atomic E-state index is 14.3. The molecule has 14 nitrogen and oxygen atoms in total. The summed E-state index contributed by atoms with van der Waals surface area (Å²) in [5.41, 5.74) is -0.577. The van der Waals surface area contributed by atoms with E-state index in [1.54, 1.807) is 18.2 Å². The number of imide groups is 1. The molecule has 6 rings (SSSR count). The van der Waals surface area contributed by atoms with Crippen molar-refractivity contribution in [2.75, 3.05) is 31.0 Å². The second-order valence-electron chi connectivity index (χ2n) is 11.9. The molecule has 2 aromatic carbocycles. The molecule has 0 spiro atoms. The average molecular weight is 629 g/mol. The highest BCUT2D eigenvalue weighted by Crippen LogP contribution is 2.58. The number of benzene rings is 2. The van der Waals surface area contributed by atoms with Gasteiger partial charge in [0.1, 0.15) is 11.5 Å². The first kappa shape index (κ1) is 30.4. The van der Waals surface area contributed by atoms with Gasteiger partial charge in [0.15, 0.2) is 17.3 Å². The Kier molecular flexibility index (Phi) is 7.10. The highest BCUT2D eigenvalue weighted by molar-refractivity contribution is 6.25. The molecule has 1 saturated heterocycles. The van der Waals surface area contributed by atoms with E-state index in [2.05, 4.69) is 0 Å². The Balaban J connectivity index is 1.51. The molecule has 0 saturated carbocycles. The number of nitrogens with zero attached hydrogens (tertiary/aromatic N) is 4. The number of ketones is 2. The van der Waals surface area contributed by atoms with Gasteiger partial charge in [-0.1, -0.05) is 17.7 Å². The van der Waals surface area contributed by atoms with Crippen LogP contribution in [0.25, 0.3) is 0 Å². The number of nitro benzene ring substituents is 2. The number of hydrogen-bond acceptors (Lipinski definition) is 11. The van der Waals surface area contributed by atoms with Gasteiger partial charge in [-0.2, -0.15) is 0 Å². The SMILES string of the molecule is COc1cccc(O)c1C1C2=CCC3C(=O)N(c4cc([N+](=O)[O-])c(N(C)C)c([N+](=O)[O-])c4)C(=O)C3C2CC2=C1C(=O)C(C)=CC2=O. The number of rotatable bonds is 6. The molecule has 4 atom stereocenters. The fourth-order valence-corrected chi connectivity index (χ4v) is 7.40. The summed E-state index contributed by atoms with van der Waals surface area (Å²) >= 11 is 0. The van der Waals surface area contributed by atoms with Crippen LogP contribution >= 0.6 is 0 Å². The highest BCUT2D eigenvalue weighted by atomic mass is 16.6. The molecule has 0 radical (unpaired) electrons. The Morgan fingerprint density at radius 1 is 1.00 bits per heavy atom. The van der Waals surface area contributed by atoms with Crippen LogP contribution in [0.4, 0.5) is 22.7 Å². The Labute approximate surface area is 261 Å². The van der Waals surface area contributed by atoms with Crippen LogP contribution in [-0.4, -0.2) is 59.5 Å². The van der Waals surface area contributed by atoms with Crippen molar-refractivity contribution in [3.8, 4) is 11.5 Å². The first-order valence-corrected chi connectivity index (χ1v) is 14.4. The summed E-state index contributed by atoms with van der Waals surface area (Å²) in [6, 6.07) is 6.53. The first-order chi connectivity index (χ1) is 21.8. The van der Waals surface area contributed by atoms with E-state index in [1.807, 2.05) is 0 Å². The topological polar surface area (TPSA) is 190 Å². The molecule has 46 heavy (non-hydrogen) atoms. The van der Waals surface area contributed by atoms with Gasteiger partial charge in [0.05, 0.1) is 34.5 Å². The number of carbonyl (C=O) groups is 4. The van der Waals surface area contributed by atoms with E-state index in [4.69, 9.17) is 4.74 Å². The molecular weight excluding hydrogens is 600 g/mol. The maximum Gasteiger partial charge on any atom is 0.301 e. The summed E-state index contributed by atoms with van der Waals surface area (Å²) < 4.78 is 5.55. The molecule has 14 heteroatoms. The van der Waals surface area contributed by atoms with Crippen LogP contribution in [0.1, 0.15) is 31.2 Å². The summed E-state index contributed by atoms with van der Waals surface area (Å²) in [6.45, 7) is 1.53. The van der Waals surface area contributed by atoms with Gasteiger partial charge in [-0.05, 0) is 43.9 Å². The number of allylic oxidation sites excluding steroid dienone is 6. The minimum Gasteiger partial charge on any atom is -0.507 e. The number of ether oxygens (including phenoxy) is 1. The molecule has 0 aromatic heterocycles. The summed E-state index contributed by atoms with van der Waals surface area (Å²) in [5.74, 6) is -5.91. The van der Waals surface area contributed by atoms with E-state index in [0.29, 0.717) is 5.57 Å². The second kappa shape index (κ2) is 10.8. The third-order valence-corrected chi connectivity index (χ3v) is 9.27. The fraction of sp³-hybridized carbons (Fsp3) is 0.312. The predicted molar refractivity (Wildman–Crippen MR) is 163 cm³/mol. The number of amides is 2. The lowest BCUT2D eigenvalue weighted by Gasteiger charge is -2.42. The zero-order valence-corrected chi connectivity index (χ0v) is 25.2. The first-order valence-electron chi connectivity index (χ1n) is 14.4. The lowest BCUT2D eigenvalue weighted by molar-refractivity contribution is -0.392. The third kappa shape index (κ3) is 4.31. The Morgan fingerprint density at radius 2 is 1.65 bits per heavy atom. The van der Waals surface area contributed by atoms with Crippen molar-refractivity contribution >= 4 is 46.1 Å². The molecule has 1 fully saturated rings. The van der Waals surface area contributed by atoms with Gasteiger partial charge in [-0.25, -0.2) is 4.90 Å². The van der Waals surface area contributed by atoms with Gasteiger partial charge in [-0.3, -0.25) is 39.4 Å². The summed E-state index contributed by atoms with van der Waals surface area (Å²) in [7, 11) is 4.20. The number of anilines is 2. The molecule has 3 aliphatic carbocycles. The number of nitro groups is 2. The van der Waals surface area contributed by atoms with Crippen LogP contribution in [0.3, 0.4) is 0 Å². The minimum absolute atomic E-state index is 0.0452. The Bertz CT molecular complexity index is 1870. The van der Waals surface area contributed by atoms with Gasteiger partial charge in [-0.15, -0.1) is 0 Å². The smallest absolute Gasteiger partial charge is 0.301 e. The van der Waals surface area contributed by atoms with Gasteiger partial charge in [0.2, 0.25) is 11.8 Å². The number of fused-ring (bicyclic) bond motifs is 3. The summed E-state index contributed by atoms with van der Waals surface area (Å²) in [6.07, 6.45) is 2.97. The summed E-state index contributed by atoms with van der Waals surface area (Å²) in [4.78, 5) is 79.5. The number of aromatic hydroxyl groups is 1. The molecular formula is C32H28N4O10. The van der Waals surface area contributed by atoms with E-state index in [1.165, 1.54) is 45.2 Å². The standard InChI is InChI=1S/C32H28N4O10/c1-14-10-23(38)19-13-18-16(26(27(19)30(14)39)28-22(37)6-5-7-24(28)46-4)8-9-17-25(18)32(41)34(31(17)40)15-11-20(35(42)43)29(33(2)3)21(12-15)36(44)45/h5-8,10-12,17-18,25-26,37H,9,13H2,1-4H3. The van der Waals surface area contributed by atoms with Crippen molar-refractivity contribution < 1.29 is 38.9 Å². The zero-order chi connectivity index (χ0) is 33.4. The van der Waals surface area contributed by atoms with Crippen LogP contribution in [-0.2, 0) is 19.2 Å². The molecule has 1 aliphatic heterocycles. The Morgan fingerprint density at radius 3 is 2.24 bits per heavy atom. The zero-order valence-electron chi connectivity index (χ0n) is 25.2. The summed E-state index contributed by atoms with van der Waals surface area (Å²) in [5, 5.41) is 35.1. The van der Waals surface area contributed by atoms with Crippen molar-refractivity contribution in [1.29, 1.82) is 0 Å². The van der Waals surface area contributed by atoms with E-state index in [0.717, 1.165) is 17.0 Å². The average Bonchev–Trinajstić information content (AvgIpc) is 3.27. The molecule has 4 aliphatic rings. The number of phenols is 1. The van der Waals surface area contributed by atoms with Gasteiger partial charge >= 0.3 is 11.4 Å². The van der Waals surface area contributed by atoms with E-state index in [-0.39, 0.29) is 63.8 Å². The van der Waals surface area contributed by atoms with E-state index >= 15 is 0 Å². The monoisotopic (exact) mass is 628 g/mol. The number of hydrogen-bond donors (Lipinski definition) is 1. The van der Waals surface area contributed by atoms with Crippen molar-refractivity contribution in [2.45, 2.75) is 25.7 Å². The molecule has 1 N–H and O–H groups in total. The van der Waals surface area contributed by atoms with Crippen LogP contribution in [0.2, 0.25) is 0 Å². The molecule has 4 unspecified atom stereocenters. The predicted octanol–water partition coefficient (Wildman–Crippen LogP) is 3.92. The normalized spacial score (nSPS) is 23.8. The Hall–Kier alpha value is -5.66. The number of carbonyl (C=O) groups excluding carboxylic acids is 4. The lowest BCUT2D eigenvalue weighted by atomic mass is 9.59. The quantitative estimate of drug-likeness (QED) is 0.160. The molecule has 1 heterocycles. The third-order valence-electron chi connectivity index (χ3n) is 9.27. The van der Waals surface area contributed by atoms with Gasteiger partial charge < -0.3 is 14.7 Å². The fourth-order valence-electron chi connectivity index (χ4n) is 7.40. The minimum atomic E-state index is -1.05. The molecule has 2 aromatic rings. The lowest BCUT2D eigenvalue weighted by Crippen LogP contribution is -2.40. The van der Waals surface area contributed by atoms with Gasteiger partial charge in [0, 0.05) is 54.4 Å². The molecule has 2 amide bonds. The van der Waals surface area contributed by atoms with Crippen LogP contribution in [0, 0.1) is 38.0 Å². The van der Waals surface area contributed by atoms with Crippen molar-refractivity contribution in [3.05, 3.63) is 90.6 Å². The highest BCUT2D eigenvalue weighted by Gasteiger charge is 2.57. The van der Waals surface area contributed by atoms with Crippen LogP contribution in [0.15, 0.2) is 64.8 Å². The van der Waals surface area contributed by atoms with Crippen molar-refractivity contribution in [3.63, 3.8) is 0 Å². The molecule has 236 valence electrons. The van der Waals surface area contributed by atoms with Gasteiger partial charge in [0.25, 0.3) is 0 Å². The number of phenolic OH excluding ortho intramolecular Hbond substituents is 1. The molecule has 0 bridgehead atoms. The van der Waals surface area contributed by atoms with Crippen LogP contribution < -0.4 is 14.5 Å². The van der Waals surface area contributed by atoms with E-state index in [9.17, 15) is 44.5 Å². The largest absolute Gasteiger partial charge is 0.507 e. The number of Topliss-reactive ketones (excluding diaryl/α,β-unsaturated/α-hetero) is 1. The van der Waals surface area contributed by atoms with E-state index < -0.39 is 62.5 Å². The number of methoxy groups -OCH3 is 1. The van der Waals surface area contributed by atoms with Crippen LogP contribution in [0.5, 0.6) is 11.5 Å². The van der Waals surface area contributed by atoms with Crippen molar-refractivity contribution in [1.82, 2.24) is 0 Å². The maximum atomic E-state index is 14.3. The van der Waals surface area contributed by atoms with Crippen molar-refractivity contribution in [2.24, 2.45) is 17.8 Å². The second-order valence-corrected chi connectivity index (χ2v) is 11.9.